The first-order valence-corrected chi connectivity index (χ1v) is 7.24. The monoisotopic (exact) mass is 315 g/mol. The van der Waals surface area contributed by atoms with E-state index in [1.807, 2.05) is 30.3 Å². The van der Waals surface area contributed by atoms with E-state index in [1.54, 1.807) is 38.4 Å². The SMILES string of the molecule is COc1ccc(CNC(=O)N(C)Cc2ccccn2)c(OC)c1. The highest BCUT2D eigenvalue weighted by molar-refractivity contribution is 5.73. The zero-order chi connectivity index (χ0) is 16.7. The van der Waals surface area contributed by atoms with Crippen molar-refractivity contribution < 1.29 is 14.3 Å². The Morgan fingerprint density at radius 1 is 1.22 bits per heavy atom. The zero-order valence-electron chi connectivity index (χ0n) is 13.6. The summed E-state index contributed by atoms with van der Waals surface area (Å²) in [5.74, 6) is 1.39. The van der Waals surface area contributed by atoms with E-state index in [0.717, 1.165) is 11.3 Å². The van der Waals surface area contributed by atoms with Gasteiger partial charge in [-0.2, -0.15) is 0 Å². The summed E-state index contributed by atoms with van der Waals surface area (Å²) in [6, 6.07) is 11.0. The van der Waals surface area contributed by atoms with E-state index >= 15 is 0 Å². The molecule has 2 aromatic rings. The summed E-state index contributed by atoms with van der Waals surface area (Å²) in [6.45, 7) is 0.824. The second-order valence-corrected chi connectivity index (χ2v) is 5.01. The van der Waals surface area contributed by atoms with Crippen molar-refractivity contribution in [3.63, 3.8) is 0 Å². The fraction of sp³-hybridized carbons (Fsp3) is 0.294. The molecule has 0 unspecified atom stereocenters. The van der Waals surface area contributed by atoms with Gasteiger partial charge in [0.1, 0.15) is 11.5 Å². The Balaban J connectivity index is 1.93. The number of ether oxygens (including phenoxy) is 2. The number of aromatic nitrogens is 1. The third-order valence-electron chi connectivity index (χ3n) is 3.40. The van der Waals surface area contributed by atoms with E-state index in [-0.39, 0.29) is 6.03 Å². The Kier molecular flexibility index (Phi) is 5.80. The van der Waals surface area contributed by atoms with Crippen LogP contribution in [-0.4, -0.2) is 37.2 Å². The lowest BCUT2D eigenvalue weighted by atomic mass is 10.2. The molecule has 0 atom stereocenters. The van der Waals surface area contributed by atoms with E-state index in [1.165, 1.54) is 0 Å². The molecule has 0 spiro atoms. The van der Waals surface area contributed by atoms with Gasteiger partial charge in [-0.05, 0) is 24.3 Å². The van der Waals surface area contributed by atoms with E-state index in [0.29, 0.717) is 24.6 Å². The molecule has 0 radical (unpaired) electrons. The van der Waals surface area contributed by atoms with Gasteiger partial charge in [0.25, 0.3) is 0 Å². The third kappa shape index (κ3) is 4.60. The molecule has 2 amide bonds. The van der Waals surface area contributed by atoms with Gasteiger partial charge >= 0.3 is 6.03 Å². The number of urea groups is 1. The minimum atomic E-state index is -0.173. The van der Waals surface area contributed by atoms with Crippen molar-refractivity contribution in [2.24, 2.45) is 0 Å². The summed E-state index contributed by atoms with van der Waals surface area (Å²) in [4.78, 5) is 18.0. The minimum absolute atomic E-state index is 0.173. The molecule has 1 heterocycles. The van der Waals surface area contributed by atoms with Crippen LogP contribution < -0.4 is 14.8 Å². The highest BCUT2D eigenvalue weighted by Gasteiger charge is 2.11. The fourth-order valence-electron chi connectivity index (χ4n) is 2.11. The summed E-state index contributed by atoms with van der Waals surface area (Å²) in [5.41, 5.74) is 1.72. The topological polar surface area (TPSA) is 63.7 Å². The number of nitrogens with one attached hydrogen (secondary N) is 1. The maximum atomic E-state index is 12.2. The number of methoxy groups -OCH3 is 2. The van der Waals surface area contributed by atoms with Crippen molar-refractivity contribution in [1.29, 1.82) is 0 Å². The van der Waals surface area contributed by atoms with Crippen LogP contribution in [0.5, 0.6) is 11.5 Å². The molecule has 1 N–H and O–H groups in total. The molecule has 2 rings (SSSR count). The van der Waals surface area contributed by atoms with Gasteiger partial charge in [-0.25, -0.2) is 4.79 Å². The van der Waals surface area contributed by atoms with Gasteiger partial charge < -0.3 is 19.7 Å². The number of nitrogens with zero attached hydrogens (tertiary/aromatic N) is 2. The molecule has 0 bridgehead atoms. The van der Waals surface area contributed by atoms with Gasteiger partial charge in [0.2, 0.25) is 0 Å². The number of benzene rings is 1. The number of amides is 2. The Bertz CT molecular complexity index is 647. The van der Waals surface area contributed by atoms with Crippen molar-refractivity contribution in [1.82, 2.24) is 15.2 Å². The van der Waals surface area contributed by atoms with Crippen LogP contribution in [0, 0.1) is 0 Å². The summed E-state index contributed by atoms with van der Waals surface area (Å²) in [6.07, 6.45) is 1.71. The molecule has 6 heteroatoms. The Morgan fingerprint density at radius 3 is 2.70 bits per heavy atom. The Morgan fingerprint density at radius 2 is 2.04 bits per heavy atom. The van der Waals surface area contributed by atoms with Crippen LogP contribution in [0.25, 0.3) is 0 Å². The molecule has 122 valence electrons. The van der Waals surface area contributed by atoms with Crippen LogP contribution in [0.1, 0.15) is 11.3 Å². The van der Waals surface area contributed by atoms with Gasteiger partial charge in [-0.3, -0.25) is 4.98 Å². The molecular weight excluding hydrogens is 294 g/mol. The fourth-order valence-corrected chi connectivity index (χ4v) is 2.11. The first-order valence-electron chi connectivity index (χ1n) is 7.24. The molecule has 0 aliphatic rings. The number of hydrogen-bond acceptors (Lipinski definition) is 4. The van der Waals surface area contributed by atoms with Crippen LogP contribution in [-0.2, 0) is 13.1 Å². The lowest BCUT2D eigenvalue weighted by Gasteiger charge is -2.18. The largest absolute Gasteiger partial charge is 0.497 e. The standard InChI is InChI=1S/C17H21N3O3/c1-20(12-14-6-4-5-9-18-14)17(21)19-11-13-7-8-15(22-2)10-16(13)23-3/h4-10H,11-12H2,1-3H3,(H,19,21). The lowest BCUT2D eigenvalue weighted by Crippen LogP contribution is -2.36. The average molecular weight is 315 g/mol. The van der Waals surface area contributed by atoms with Crippen molar-refractivity contribution in [3.05, 3.63) is 53.9 Å². The second kappa shape index (κ2) is 8.03. The third-order valence-corrected chi connectivity index (χ3v) is 3.40. The molecule has 1 aromatic carbocycles. The molecular formula is C17H21N3O3. The summed E-state index contributed by atoms with van der Waals surface area (Å²) in [7, 11) is 4.92. The van der Waals surface area contributed by atoms with E-state index < -0.39 is 0 Å². The Hall–Kier alpha value is -2.76. The molecule has 0 fully saturated rings. The highest BCUT2D eigenvalue weighted by Crippen LogP contribution is 2.24. The minimum Gasteiger partial charge on any atom is -0.497 e. The van der Waals surface area contributed by atoms with E-state index in [2.05, 4.69) is 10.3 Å². The lowest BCUT2D eigenvalue weighted by molar-refractivity contribution is 0.206. The van der Waals surface area contributed by atoms with Crippen LogP contribution in [0.4, 0.5) is 4.79 Å². The van der Waals surface area contributed by atoms with Crippen molar-refractivity contribution >= 4 is 6.03 Å². The van der Waals surface area contributed by atoms with Crippen LogP contribution in [0.2, 0.25) is 0 Å². The van der Waals surface area contributed by atoms with Crippen molar-refractivity contribution in [3.8, 4) is 11.5 Å². The van der Waals surface area contributed by atoms with Gasteiger partial charge in [-0.1, -0.05) is 6.07 Å². The number of rotatable bonds is 6. The summed E-state index contributed by atoms with van der Waals surface area (Å²) < 4.78 is 10.5. The zero-order valence-corrected chi connectivity index (χ0v) is 13.6. The summed E-state index contributed by atoms with van der Waals surface area (Å²) >= 11 is 0. The number of carbonyl (C=O) groups excluding carboxylic acids is 1. The maximum Gasteiger partial charge on any atom is 0.317 e. The molecule has 23 heavy (non-hydrogen) atoms. The van der Waals surface area contributed by atoms with Crippen LogP contribution >= 0.6 is 0 Å². The quantitative estimate of drug-likeness (QED) is 0.889. The number of hydrogen-bond donors (Lipinski definition) is 1. The van der Waals surface area contributed by atoms with Crippen LogP contribution in [0.15, 0.2) is 42.6 Å². The van der Waals surface area contributed by atoms with Crippen LogP contribution in [0.3, 0.4) is 0 Å². The van der Waals surface area contributed by atoms with E-state index in [4.69, 9.17) is 9.47 Å². The molecule has 0 saturated carbocycles. The van der Waals surface area contributed by atoms with Gasteiger partial charge in [-0.15, -0.1) is 0 Å². The molecule has 0 saturated heterocycles. The van der Waals surface area contributed by atoms with Gasteiger partial charge in [0.15, 0.2) is 0 Å². The van der Waals surface area contributed by atoms with Gasteiger partial charge in [0, 0.05) is 31.4 Å². The molecule has 1 aromatic heterocycles. The van der Waals surface area contributed by atoms with Gasteiger partial charge in [0.05, 0.1) is 26.5 Å². The average Bonchev–Trinajstić information content (AvgIpc) is 2.60. The second-order valence-electron chi connectivity index (χ2n) is 5.01. The smallest absolute Gasteiger partial charge is 0.317 e. The highest BCUT2D eigenvalue weighted by atomic mass is 16.5. The first kappa shape index (κ1) is 16.6. The maximum absolute atomic E-state index is 12.2. The van der Waals surface area contributed by atoms with E-state index in [9.17, 15) is 4.79 Å². The van der Waals surface area contributed by atoms with Crippen molar-refractivity contribution in [2.75, 3.05) is 21.3 Å². The predicted molar refractivity (Wildman–Crippen MR) is 87.5 cm³/mol. The predicted octanol–water partition coefficient (Wildman–Crippen LogP) is 2.44. The first-order chi connectivity index (χ1) is 11.1. The number of carbonyl (C=O) groups is 1. The van der Waals surface area contributed by atoms with Crippen molar-refractivity contribution in [2.45, 2.75) is 13.1 Å². The normalized spacial score (nSPS) is 10.0. The molecule has 0 aliphatic carbocycles. The Labute approximate surface area is 136 Å². The number of pyridine rings is 1. The molecule has 6 nitrogen and oxygen atoms in total. The summed E-state index contributed by atoms with van der Waals surface area (Å²) in [5, 5.41) is 2.87. The molecule has 0 aliphatic heterocycles.